The van der Waals surface area contributed by atoms with E-state index in [-0.39, 0.29) is 11.8 Å². The molecule has 1 aromatic heterocycles. The zero-order chi connectivity index (χ0) is 11.5. The van der Waals surface area contributed by atoms with Gasteiger partial charge in [-0.1, -0.05) is 0 Å². The summed E-state index contributed by atoms with van der Waals surface area (Å²) in [6.45, 7) is 1.40. The molecule has 2 N–H and O–H groups in total. The number of amides is 1. The fourth-order valence-corrected chi connectivity index (χ4v) is 1.84. The van der Waals surface area contributed by atoms with E-state index < -0.39 is 0 Å². The van der Waals surface area contributed by atoms with Crippen LogP contribution in [-0.2, 0) is 4.79 Å². The van der Waals surface area contributed by atoms with Crippen molar-refractivity contribution in [3.05, 3.63) is 23.9 Å². The summed E-state index contributed by atoms with van der Waals surface area (Å²) in [7, 11) is 0. The second-order valence-corrected chi connectivity index (χ2v) is 3.85. The molecule has 1 aromatic rings. The van der Waals surface area contributed by atoms with Crippen LogP contribution >= 0.6 is 0 Å². The first-order valence-electron chi connectivity index (χ1n) is 5.11. The van der Waals surface area contributed by atoms with Crippen molar-refractivity contribution in [2.45, 2.75) is 6.42 Å². The number of nitrogens with zero attached hydrogens (tertiary/aromatic N) is 3. The quantitative estimate of drug-likeness (QED) is 0.768. The maximum Gasteiger partial charge on any atom is 0.222 e. The molecule has 1 fully saturated rings. The Hall–Kier alpha value is -2.09. The highest BCUT2D eigenvalue weighted by Crippen LogP contribution is 2.21. The van der Waals surface area contributed by atoms with E-state index in [1.807, 2.05) is 11.0 Å². The lowest BCUT2D eigenvalue weighted by atomic mass is 10.1. The summed E-state index contributed by atoms with van der Waals surface area (Å²) in [5, 5.41) is 8.64. The monoisotopic (exact) mass is 216 g/mol. The van der Waals surface area contributed by atoms with Gasteiger partial charge in [-0.3, -0.25) is 4.79 Å². The van der Waals surface area contributed by atoms with Crippen molar-refractivity contribution in [2.75, 3.05) is 18.0 Å². The van der Waals surface area contributed by atoms with E-state index in [9.17, 15) is 4.79 Å². The van der Waals surface area contributed by atoms with Gasteiger partial charge in [0.25, 0.3) is 0 Å². The van der Waals surface area contributed by atoms with Crippen LogP contribution in [0, 0.1) is 17.2 Å². The van der Waals surface area contributed by atoms with Gasteiger partial charge in [0.1, 0.15) is 11.9 Å². The second kappa shape index (κ2) is 4.19. The van der Waals surface area contributed by atoms with Crippen LogP contribution in [0.1, 0.15) is 12.0 Å². The van der Waals surface area contributed by atoms with Crippen LogP contribution in [0.4, 0.5) is 5.82 Å². The predicted octanol–water partition coefficient (Wildman–Crippen LogP) is 0.265. The third-order valence-electron chi connectivity index (χ3n) is 2.79. The molecule has 2 heterocycles. The number of aromatic nitrogens is 1. The number of hydrogen-bond donors (Lipinski definition) is 1. The van der Waals surface area contributed by atoms with E-state index >= 15 is 0 Å². The van der Waals surface area contributed by atoms with Gasteiger partial charge in [0.2, 0.25) is 5.91 Å². The molecule has 0 bridgehead atoms. The molecule has 1 aliphatic rings. The largest absolute Gasteiger partial charge is 0.369 e. The lowest BCUT2D eigenvalue weighted by molar-refractivity contribution is -0.121. The van der Waals surface area contributed by atoms with Crippen LogP contribution in [-0.4, -0.2) is 24.0 Å². The van der Waals surface area contributed by atoms with E-state index in [4.69, 9.17) is 11.0 Å². The van der Waals surface area contributed by atoms with Crippen molar-refractivity contribution >= 4 is 11.7 Å². The molecule has 5 heteroatoms. The first kappa shape index (κ1) is 10.4. The first-order valence-corrected chi connectivity index (χ1v) is 5.11. The van der Waals surface area contributed by atoms with Crippen LogP contribution < -0.4 is 10.6 Å². The summed E-state index contributed by atoms with van der Waals surface area (Å²) in [5.74, 6) is 0.455. The number of carbonyl (C=O) groups is 1. The summed E-state index contributed by atoms with van der Waals surface area (Å²) in [6.07, 6.45) is 2.31. The Kier molecular flexibility index (Phi) is 2.73. The zero-order valence-electron chi connectivity index (χ0n) is 8.76. The molecule has 0 aliphatic carbocycles. The molecule has 0 aromatic carbocycles. The average Bonchev–Trinajstić information content (AvgIpc) is 2.78. The van der Waals surface area contributed by atoms with Crippen LogP contribution in [0.3, 0.4) is 0 Å². The molecule has 16 heavy (non-hydrogen) atoms. The van der Waals surface area contributed by atoms with Gasteiger partial charge in [-0.2, -0.15) is 5.26 Å². The molecule has 0 saturated carbocycles. The van der Waals surface area contributed by atoms with Crippen LogP contribution in [0.5, 0.6) is 0 Å². The minimum Gasteiger partial charge on any atom is -0.369 e. The Morgan fingerprint density at radius 3 is 2.94 bits per heavy atom. The van der Waals surface area contributed by atoms with Gasteiger partial charge in [0, 0.05) is 19.3 Å². The lowest BCUT2D eigenvalue weighted by Gasteiger charge is -2.16. The molecule has 5 nitrogen and oxygen atoms in total. The number of carbonyl (C=O) groups excluding carboxylic acids is 1. The fourth-order valence-electron chi connectivity index (χ4n) is 1.84. The number of hydrogen-bond acceptors (Lipinski definition) is 4. The van der Waals surface area contributed by atoms with E-state index in [0.717, 1.165) is 18.8 Å². The number of pyridine rings is 1. The number of nitrogens with two attached hydrogens (primary N) is 1. The third kappa shape index (κ3) is 1.96. The van der Waals surface area contributed by atoms with E-state index in [1.54, 1.807) is 12.1 Å². The van der Waals surface area contributed by atoms with Crippen molar-refractivity contribution in [1.29, 1.82) is 5.26 Å². The standard InChI is InChI=1S/C11H12N4O/c12-5-8-1-2-10(14-6-8)15-4-3-9(7-15)11(13)16/h1-2,6,9H,3-4,7H2,(H2,13,16). The van der Waals surface area contributed by atoms with Crippen molar-refractivity contribution in [3.63, 3.8) is 0 Å². The molecule has 1 saturated heterocycles. The molecule has 0 spiro atoms. The lowest BCUT2D eigenvalue weighted by Crippen LogP contribution is -2.27. The fraction of sp³-hybridized carbons (Fsp3) is 0.364. The number of primary amides is 1. The smallest absolute Gasteiger partial charge is 0.222 e. The molecule has 0 radical (unpaired) electrons. The van der Waals surface area contributed by atoms with E-state index in [2.05, 4.69) is 4.98 Å². The Bertz CT molecular complexity index is 434. The van der Waals surface area contributed by atoms with Gasteiger partial charge >= 0.3 is 0 Å². The molecule has 1 unspecified atom stereocenters. The number of nitriles is 1. The maximum atomic E-state index is 11.0. The van der Waals surface area contributed by atoms with Gasteiger partial charge in [-0.15, -0.1) is 0 Å². The Morgan fingerprint density at radius 2 is 2.44 bits per heavy atom. The summed E-state index contributed by atoms with van der Waals surface area (Å²) in [4.78, 5) is 17.2. The van der Waals surface area contributed by atoms with Crippen LogP contribution in [0.2, 0.25) is 0 Å². The van der Waals surface area contributed by atoms with Crippen LogP contribution in [0.25, 0.3) is 0 Å². The number of anilines is 1. The normalized spacial score (nSPS) is 19.4. The summed E-state index contributed by atoms with van der Waals surface area (Å²) in [6, 6.07) is 5.53. The van der Waals surface area contributed by atoms with Gasteiger partial charge < -0.3 is 10.6 Å². The average molecular weight is 216 g/mol. The summed E-state index contributed by atoms with van der Waals surface area (Å²) in [5.41, 5.74) is 5.79. The van der Waals surface area contributed by atoms with E-state index in [1.165, 1.54) is 6.20 Å². The Morgan fingerprint density at radius 1 is 1.62 bits per heavy atom. The summed E-state index contributed by atoms with van der Waals surface area (Å²) >= 11 is 0. The summed E-state index contributed by atoms with van der Waals surface area (Å²) < 4.78 is 0. The van der Waals surface area contributed by atoms with Gasteiger partial charge in [-0.05, 0) is 18.6 Å². The molecule has 1 aliphatic heterocycles. The van der Waals surface area contributed by atoms with Crippen molar-refractivity contribution in [1.82, 2.24) is 4.98 Å². The van der Waals surface area contributed by atoms with Gasteiger partial charge in [-0.25, -0.2) is 4.98 Å². The maximum absolute atomic E-state index is 11.0. The Labute approximate surface area is 93.5 Å². The highest BCUT2D eigenvalue weighted by atomic mass is 16.1. The van der Waals surface area contributed by atoms with Crippen molar-refractivity contribution < 1.29 is 4.79 Å². The minimum atomic E-state index is -0.254. The topological polar surface area (TPSA) is 83.0 Å². The minimum absolute atomic E-state index is 0.0857. The third-order valence-corrected chi connectivity index (χ3v) is 2.79. The van der Waals surface area contributed by atoms with Crippen molar-refractivity contribution in [3.8, 4) is 6.07 Å². The SMILES string of the molecule is N#Cc1ccc(N2CCC(C(N)=O)C2)nc1. The highest BCUT2D eigenvalue weighted by Gasteiger charge is 2.27. The molecule has 2 rings (SSSR count). The van der Waals surface area contributed by atoms with Gasteiger partial charge in [0.15, 0.2) is 0 Å². The zero-order valence-corrected chi connectivity index (χ0v) is 8.76. The second-order valence-electron chi connectivity index (χ2n) is 3.85. The van der Waals surface area contributed by atoms with Crippen LogP contribution in [0.15, 0.2) is 18.3 Å². The van der Waals surface area contributed by atoms with Crippen molar-refractivity contribution in [2.24, 2.45) is 11.7 Å². The predicted molar refractivity (Wildman–Crippen MR) is 58.5 cm³/mol. The molecular weight excluding hydrogens is 204 g/mol. The van der Waals surface area contributed by atoms with Gasteiger partial charge in [0.05, 0.1) is 11.5 Å². The number of rotatable bonds is 2. The first-order chi connectivity index (χ1) is 7.70. The van der Waals surface area contributed by atoms with E-state index in [0.29, 0.717) is 12.1 Å². The molecule has 1 amide bonds. The molecular formula is C11H12N4O. The molecule has 1 atom stereocenters. The highest BCUT2D eigenvalue weighted by molar-refractivity contribution is 5.78. The molecule has 82 valence electrons. The Balaban J connectivity index is 2.09.